The monoisotopic (exact) mass is 178 g/mol. The predicted octanol–water partition coefficient (Wildman–Crippen LogP) is -0.0537. The molecule has 1 saturated heterocycles. The van der Waals surface area contributed by atoms with Crippen molar-refractivity contribution < 1.29 is 0 Å². The van der Waals surface area contributed by atoms with E-state index in [1.54, 1.807) is 6.20 Å². The Balaban J connectivity index is 2.25. The van der Waals surface area contributed by atoms with E-state index in [-0.39, 0.29) is 12.1 Å². The Kier molecular flexibility index (Phi) is 2.26. The van der Waals surface area contributed by atoms with E-state index in [1.807, 2.05) is 18.2 Å². The van der Waals surface area contributed by atoms with Crippen molar-refractivity contribution in [2.24, 2.45) is 5.73 Å². The molecule has 4 N–H and O–H groups in total. The largest absolute Gasteiger partial charge is 0.314 e. The van der Waals surface area contributed by atoms with E-state index < -0.39 is 0 Å². The summed E-state index contributed by atoms with van der Waals surface area (Å²) in [7, 11) is 0. The highest BCUT2D eigenvalue weighted by atomic mass is 15.4. The molecule has 3 unspecified atom stereocenters. The Morgan fingerprint density at radius 3 is 2.77 bits per heavy atom. The van der Waals surface area contributed by atoms with Crippen molar-refractivity contribution in [2.45, 2.75) is 25.0 Å². The summed E-state index contributed by atoms with van der Waals surface area (Å²) in [5.74, 6) is 0.251. The van der Waals surface area contributed by atoms with Gasteiger partial charge in [0.15, 0.2) is 0 Å². The number of hydrazine groups is 1. The van der Waals surface area contributed by atoms with Crippen molar-refractivity contribution in [3.63, 3.8) is 0 Å². The van der Waals surface area contributed by atoms with Crippen LogP contribution in [0.25, 0.3) is 0 Å². The third-order valence-electron chi connectivity index (χ3n) is 2.43. The summed E-state index contributed by atoms with van der Waals surface area (Å²) >= 11 is 0. The summed E-state index contributed by atoms with van der Waals surface area (Å²) in [5.41, 5.74) is 13.0. The Morgan fingerprint density at radius 1 is 1.38 bits per heavy atom. The lowest BCUT2D eigenvalue weighted by Crippen LogP contribution is -2.38. The van der Waals surface area contributed by atoms with Gasteiger partial charge in [-0.1, -0.05) is 6.07 Å². The topological polar surface area (TPSA) is 63.0 Å². The summed E-state index contributed by atoms with van der Waals surface area (Å²) in [6, 6.07) is 6.23. The van der Waals surface area contributed by atoms with Crippen molar-refractivity contribution >= 4 is 0 Å². The molecule has 0 bridgehead atoms. The molecule has 70 valence electrons. The van der Waals surface area contributed by atoms with Crippen molar-refractivity contribution in [3.8, 4) is 0 Å². The minimum Gasteiger partial charge on any atom is -0.314 e. The van der Waals surface area contributed by atoms with Gasteiger partial charge in [-0.2, -0.15) is 0 Å². The fraction of sp³-hybridized carbons (Fsp3) is 0.444. The smallest absolute Gasteiger partial charge is 0.0779 e. The van der Waals surface area contributed by atoms with Crippen molar-refractivity contribution in [1.29, 1.82) is 0 Å². The Labute approximate surface area is 77.5 Å². The van der Waals surface area contributed by atoms with E-state index in [0.29, 0.717) is 6.04 Å². The highest BCUT2D eigenvalue weighted by Gasteiger charge is 2.32. The standard InChI is InChI=1S/C9H14N4/c1-6-8(9(10)13-12-6)7-4-2-3-5-11-7/h2-6,8-9,12-13H,10H2,1H3. The molecule has 0 aliphatic carbocycles. The molecule has 0 amide bonds. The van der Waals surface area contributed by atoms with Crippen LogP contribution >= 0.6 is 0 Å². The molecule has 1 aromatic heterocycles. The minimum absolute atomic E-state index is 0.0510. The average molecular weight is 178 g/mol. The van der Waals surface area contributed by atoms with Gasteiger partial charge < -0.3 is 5.73 Å². The van der Waals surface area contributed by atoms with Crippen LogP contribution in [0.2, 0.25) is 0 Å². The predicted molar refractivity (Wildman–Crippen MR) is 50.7 cm³/mol. The van der Waals surface area contributed by atoms with E-state index >= 15 is 0 Å². The maximum atomic E-state index is 5.89. The summed E-state index contributed by atoms with van der Waals surface area (Å²) in [6.45, 7) is 2.10. The second-order valence-corrected chi connectivity index (χ2v) is 3.38. The van der Waals surface area contributed by atoms with Crippen molar-refractivity contribution in [2.75, 3.05) is 0 Å². The van der Waals surface area contributed by atoms with Crippen LogP contribution in [0.15, 0.2) is 24.4 Å². The molecular weight excluding hydrogens is 164 g/mol. The zero-order valence-electron chi connectivity index (χ0n) is 7.57. The maximum absolute atomic E-state index is 5.89. The Morgan fingerprint density at radius 2 is 2.23 bits per heavy atom. The van der Waals surface area contributed by atoms with E-state index in [4.69, 9.17) is 5.73 Å². The first kappa shape index (κ1) is 8.62. The molecule has 0 saturated carbocycles. The summed E-state index contributed by atoms with van der Waals surface area (Å²) < 4.78 is 0. The molecular formula is C9H14N4. The van der Waals surface area contributed by atoms with E-state index in [9.17, 15) is 0 Å². The molecule has 0 aromatic carbocycles. The zero-order chi connectivity index (χ0) is 9.26. The number of rotatable bonds is 1. The molecule has 2 heterocycles. The maximum Gasteiger partial charge on any atom is 0.0779 e. The third-order valence-corrected chi connectivity index (χ3v) is 2.43. The summed E-state index contributed by atoms with van der Waals surface area (Å²) in [4.78, 5) is 4.30. The van der Waals surface area contributed by atoms with Gasteiger partial charge in [-0.05, 0) is 19.1 Å². The number of aromatic nitrogens is 1. The summed E-state index contributed by atoms with van der Waals surface area (Å²) in [6.07, 6.45) is 1.75. The SMILES string of the molecule is CC1NNC(N)C1c1ccccn1. The second-order valence-electron chi connectivity index (χ2n) is 3.38. The van der Waals surface area contributed by atoms with Gasteiger partial charge in [-0.25, -0.2) is 5.43 Å². The third kappa shape index (κ3) is 1.56. The van der Waals surface area contributed by atoms with Gasteiger partial charge >= 0.3 is 0 Å². The number of hydrogen-bond donors (Lipinski definition) is 3. The number of hydrogen-bond acceptors (Lipinski definition) is 4. The first-order chi connectivity index (χ1) is 6.29. The van der Waals surface area contributed by atoms with Gasteiger partial charge in [0.2, 0.25) is 0 Å². The average Bonchev–Trinajstić information content (AvgIpc) is 2.48. The van der Waals surface area contributed by atoms with Crippen molar-refractivity contribution in [1.82, 2.24) is 15.8 Å². The van der Waals surface area contributed by atoms with Gasteiger partial charge in [-0.15, -0.1) is 0 Å². The number of nitrogens with two attached hydrogens (primary N) is 1. The lowest BCUT2D eigenvalue weighted by atomic mass is 9.96. The van der Waals surface area contributed by atoms with Crippen molar-refractivity contribution in [3.05, 3.63) is 30.1 Å². The molecule has 1 aromatic rings. The minimum atomic E-state index is -0.0510. The number of nitrogens with one attached hydrogen (secondary N) is 2. The van der Waals surface area contributed by atoms with Gasteiger partial charge in [0.1, 0.15) is 0 Å². The Bertz CT molecular complexity index is 264. The lowest BCUT2D eigenvalue weighted by molar-refractivity contribution is 0.538. The summed E-state index contributed by atoms with van der Waals surface area (Å²) in [5, 5.41) is 0. The molecule has 2 rings (SSSR count). The molecule has 13 heavy (non-hydrogen) atoms. The van der Waals surface area contributed by atoms with E-state index in [1.165, 1.54) is 0 Å². The lowest BCUT2D eigenvalue weighted by Gasteiger charge is -2.16. The molecule has 1 fully saturated rings. The van der Waals surface area contributed by atoms with Crippen LogP contribution in [0.1, 0.15) is 18.5 Å². The van der Waals surface area contributed by atoms with Gasteiger partial charge in [0, 0.05) is 23.9 Å². The molecule has 0 spiro atoms. The van der Waals surface area contributed by atoms with E-state index in [0.717, 1.165) is 5.69 Å². The molecule has 3 atom stereocenters. The van der Waals surface area contributed by atoms with Crippen LogP contribution < -0.4 is 16.6 Å². The van der Waals surface area contributed by atoms with E-state index in [2.05, 4.69) is 22.8 Å². The molecule has 4 nitrogen and oxygen atoms in total. The van der Waals surface area contributed by atoms with Crippen LogP contribution in [0, 0.1) is 0 Å². The normalized spacial score (nSPS) is 33.5. The number of nitrogens with zero attached hydrogens (tertiary/aromatic N) is 1. The quantitative estimate of drug-likeness (QED) is 0.564. The fourth-order valence-electron chi connectivity index (χ4n) is 1.73. The van der Waals surface area contributed by atoms with Crippen LogP contribution in [0.3, 0.4) is 0 Å². The Hall–Kier alpha value is -0.970. The first-order valence-electron chi connectivity index (χ1n) is 4.46. The molecule has 1 aliphatic heterocycles. The first-order valence-corrected chi connectivity index (χ1v) is 4.46. The molecule has 0 radical (unpaired) electrons. The second kappa shape index (κ2) is 3.41. The highest BCUT2D eigenvalue weighted by molar-refractivity contribution is 5.15. The van der Waals surface area contributed by atoms with Gasteiger partial charge in [-0.3, -0.25) is 10.4 Å². The van der Waals surface area contributed by atoms with Crippen LogP contribution in [0.4, 0.5) is 0 Å². The molecule has 4 heteroatoms. The van der Waals surface area contributed by atoms with Gasteiger partial charge in [0.05, 0.1) is 6.17 Å². The molecule has 1 aliphatic rings. The highest BCUT2D eigenvalue weighted by Crippen LogP contribution is 2.22. The number of pyridine rings is 1. The van der Waals surface area contributed by atoms with Crippen LogP contribution in [0.5, 0.6) is 0 Å². The fourth-order valence-corrected chi connectivity index (χ4v) is 1.73. The van der Waals surface area contributed by atoms with Crippen LogP contribution in [-0.2, 0) is 0 Å². The van der Waals surface area contributed by atoms with Crippen LogP contribution in [-0.4, -0.2) is 17.2 Å². The zero-order valence-corrected chi connectivity index (χ0v) is 7.57. The van der Waals surface area contributed by atoms with Gasteiger partial charge in [0.25, 0.3) is 0 Å².